The van der Waals surface area contributed by atoms with E-state index in [2.05, 4.69) is 19.0 Å². The number of carbonyl (C=O) groups is 1. The second-order valence-electron chi connectivity index (χ2n) is 9.57. The maximum atomic E-state index is 14.0. The fourth-order valence-electron chi connectivity index (χ4n) is 6.24. The molecule has 4 aliphatic rings. The van der Waals surface area contributed by atoms with Gasteiger partial charge in [0.25, 0.3) is 0 Å². The molecule has 28 heavy (non-hydrogen) atoms. The summed E-state index contributed by atoms with van der Waals surface area (Å²) in [6.45, 7) is 1.54. The minimum absolute atomic E-state index is 0.142. The highest BCUT2D eigenvalue weighted by Crippen LogP contribution is 2.60. The molecule has 0 unspecified atom stereocenters. The predicted octanol–water partition coefficient (Wildman–Crippen LogP) is 5.06. The van der Waals surface area contributed by atoms with Crippen molar-refractivity contribution in [3.63, 3.8) is 0 Å². The number of carbonyl (C=O) groups excluding carboxylic acids is 1. The van der Waals surface area contributed by atoms with Gasteiger partial charge in [-0.3, -0.25) is 9.69 Å². The average molecular weight is 418 g/mol. The van der Waals surface area contributed by atoms with Gasteiger partial charge in [0.05, 0.1) is 15.6 Å². The van der Waals surface area contributed by atoms with Gasteiger partial charge >= 0.3 is 0 Å². The largest absolute Gasteiger partial charge is 0.308 e. The van der Waals surface area contributed by atoms with Crippen LogP contribution >= 0.6 is 22.9 Å². The van der Waals surface area contributed by atoms with Crippen LogP contribution in [0.1, 0.15) is 38.5 Å². The monoisotopic (exact) mass is 417 g/mol. The summed E-state index contributed by atoms with van der Waals surface area (Å²) < 4.78 is 1.05. The zero-order valence-electron chi connectivity index (χ0n) is 16.7. The molecule has 1 heterocycles. The van der Waals surface area contributed by atoms with Crippen molar-refractivity contribution >= 4 is 44.2 Å². The smallest absolute Gasteiger partial charge is 0.235 e. The van der Waals surface area contributed by atoms with Crippen molar-refractivity contribution in [1.82, 2.24) is 9.88 Å². The molecule has 0 N–H and O–H groups in total. The van der Waals surface area contributed by atoms with Crippen molar-refractivity contribution in [2.45, 2.75) is 38.5 Å². The molecule has 4 aliphatic carbocycles. The van der Waals surface area contributed by atoms with E-state index in [1.54, 1.807) is 11.3 Å². The lowest BCUT2D eigenvalue weighted by Crippen LogP contribution is -2.55. The molecule has 0 radical (unpaired) electrons. The standard InChI is InChI=1S/C22H28ClN3OS/c1-25(2)5-6-26(21-24-18-4-3-17(23)10-19(18)28-21)20(27)22-11-14-7-15(12-22)9-16(8-14)13-22/h3-4,10,14-16H,5-9,11-13H2,1-2H3. The van der Waals surface area contributed by atoms with E-state index in [1.165, 1.54) is 19.3 Å². The minimum atomic E-state index is -0.142. The van der Waals surface area contributed by atoms with E-state index in [0.717, 1.165) is 63.9 Å². The first-order valence-corrected chi connectivity index (χ1v) is 11.6. The van der Waals surface area contributed by atoms with Gasteiger partial charge in [-0.15, -0.1) is 0 Å². The van der Waals surface area contributed by atoms with Crippen molar-refractivity contribution in [3.8, 4) is 0 Å². The first-order valence-electron chi connectivity index (χ1n) is 10.4. The van der Waals surface area contributed by atoms with Crippen LogP contribution in [-0.4, -0.2) is 43.0 Å². The Morgan fingerprint density at radius 1 is 1.14 bits per heavy atom. The third-order valence-corrected chi connectivity index (χ3v) is 8.35. The van der Waals surface area contributed by atoms with E-state index in [9.17, 15) is 4.79 Å². The first kappa shape index (κ1) is 18.8. The number of nitrogens with zero attached hydrogens (tertiary/aromatic N) is 3. The zero-order valence-corrected chi connectivity index (χ0v) is 18.2. The normalized spacial score (nSPS) is 31.1. The summed E-state index contributed by atoms with van der Waals surface area (Å²) >= 11 is 7.77. The van der Waals surface area contributed by atoms with Gasteiger partial charge in [0, 0.05) is 18.1 Å². The number of aromatic nitrogens is 1. The summed E-state index contributed by atoms with van der Waals surface area (Å²) in [5, 5.41) is 1.55. The summed E-state index contributed by atoms with van der Waals surface area (Å²) in [4.78, 5) is 23.0. The Morgan fingerprint density at radius 2 is 1.79 bits per heavy atom. The molecule has 0 aliphatic heterocycles. The highest BCUT2D eigenvalue weighted by Gasteiger charge is 2.55. The van der Waals surface area contributed by atoms with Crippen molar-refractivity contribution in [3.05, 3.63) is 23.2 Å². The van der Waals surface area contributed by atoms with Crippen LogP contribution < -0.4 is 4.90 Å². The summed E-state index contributed by atoms with van der Waals surface area (Å²) in [6, 6.07) is 5.78. The SMILES string of the molecule is CN(C)CCN(C(=O)C12CC3CC(CC(C3)C1)C2)c1nc2ccc(Cl)cc2s1. The molecular weight excluding hydrogens is 390 g/mol. The van der Waals surface area contributed by atoms with E-state index in [1.807, 2.05) is 23.1 Å². The molecule has 4 bridgehead atoms. The number of halogens is 1. The molecule has 0 spiro atoms. The molecule has 2 aromatic rings. The predicted molar refractivity (Wildman–Crippen MR) is 116 cm³/mol. The number of hydrogen-bond acceptors (Lipinski definition) is 4. The van der Waals surface area contributed by atoms with Gasteiger partial charge in [0.2, 0.25) is 5.91 Å². The third kappa shape index (κ3) is 3.25. The molecule has 4 saturated carbocycles. The lowest BCUT2D eigenvalue weighted by atomic mass is 9.49. The van der Waals surface area contributed by atoms with Gasteiger partial charge < -0.3 is 4.90 Å². The Balaban J connectivity index is 1.50. The molecular formula is C22H28ClN3OS. The van der Waals surface area contributed by atoms with E-state index in [0.29, 0.717) is 12.5 Å². The second kappa shape index (κ2) is 6.96. The lowest BCUT2D eigenvalue weighted by molar-refractivity contribution is -0.143. The minimum Gasteiger partial charge on any atom is -0.308 e. The van der Waals surface area contributed by atoms with E-state index < -0.39 is 0 Å². The summed E-state index contributed by atoms with van der Waals surface area (Å²) in [6.07, 6.45) is 7.32. The fourth-order valence-corrected chi connectivity index (χ4v) is 7.51. The molecule has 6 heteroatoms. The maximum absolute atomic E-state index is 14.0. The van der Waals surface area contributed by atoms with Gasteiger partial charge in [-0.05, 0) is 88.6 Å². The molecule has 0 atom stereocenters. The third-order valence-electron chi connectivity index (χ3n) is 7.08. The molecule has 1 aromatic carbocycles. The Kier molecular flexibility index (Phi) is 4.68. The number of anilines is 1. The van der Waals surface area contributed by atoms with Crippen molar-refractivity contribution in [1.29, 1.82) is 0 Å². The molecule has 4 fully saturated rings. The maximum Gasteiger partial charge on any atom is 0.235 e. The van der Waals surface area contributed by atoms with Crippen molar-refractivity contribution < 1.29 is 4.79 Å². The van der Waals surface area contributed by atoms with Gasteiger partial charge in [0.1, 0.15) is 0 Å². The molecule has 0 saturated heterocycles. The summed E-state index contributed by atoms with van der Waals surface area (Å²) in [7, 11) is 4.12. The Morgan fingerprint density at radius 3 is 2.39 bits per heavy atom. The molecule has 6 rings (SSSR count). The molecule has 1 aromatic heterocycles. The second-order valence-corrected chi connectivity index (χ2v) is 11.0. The number of hydrogen-bond donors (Lipinski definition) is 0. The fraction of sp³-hybridized carbons (Fsp3) is 0.636. The van der Waals surface area contributed by atoms with Crippen LogP contribution in [0.15, 0.2) is 18.2 Å². The van der Waals surface area contributed by atoms with Crippen molar-refractivity contribution in [2.75, 3.05) is 32.1 Å². The van der Waals surface area contributed by atoms with Crippen LogP contribution in [-0.2, 0) is 4.79 Å². The highest BCUT2D eigenvalue weighted by atomic mass is 35.5. The van der Waals surface area contributed by atoms with E-state index >= 15 is 0 Å². The number of rotatable bonds is 5. The van der Waals surface area contributed by atoms with Crippen molar-refractivity contribution in [2.24, 2.45) is 23.2 Å². The summed E-state index contributed by atoms with van der Waals surface area (Å²) in [5.41, 5.74) is 0.786. The number of thiazole rings is 1. The highest BCUT2D eigenvalue weighted by molar-refractivity contribution is 7.22. The van der Waals surface area contributed by atoms with Crippen LogP contribution in [0.3, 0.4) is 0 Å². The Hall–Kier alpha value is -1.17. The molecule has 150 valence electrons. The van der Waals surface area contributed by atoms with Gasteiger partial charge in [0.15, 0.2) is 5.13 Å². The van der Waals surface area contributed by atoms with Crippen LogP contribution in [0.4, 0.5) is 5.13 Å². The van der Waals surface area contributed by atoms with Crippen LogP contribution in [0.25, 0.3) is 10.2 Å². The number of amides is 1. The molecule has 4 nitrogen and oxygen atoms in total. The average Bonchev–Trinajstić information content (AvgIpc) is 3.03. The Labute approximate surface area is 175 Å². The van der Waals surface area contributed by atoms with Gasteiger partial charge in [-0.2, -0.15) is 0 Å². The van der Waals surface area contributed by atoms with Gasteiger partial charge in [-0.25, -0.2) is 4.98 Å². The van der Waals surface area contributed by atoms with E-state index in [-0.39, 0.29) is 5.41 Å². The van der Waals surface area contributed by atoms with Crippen LogP contribution in [0.5, 0.6) is 0 Å². The van der Waals surface area contributed by atoms with Gasteiger partial charge in [-0.1, -0.05) is 22.9 Å². The lowest BCUT2D eigenvalue weighted by Gasteiger charge is -2.56. The number of fused-ring (bicyclic) bond motifs is 1. The quantitative estimate of drug-likeness (QED) is 0.682. The summed E-state index contributed by atoms with van der Waals surface area (Å²) in [5.74, 6) is 2.62. The zero-order chi connectivity index (χ0) is 19.5. The van der Waals surface area contributed by atoms with Crippen LogP contribution in [0, 0.1) is 23.2 Å². The first-order chi connectivity index (χ1) is 13.4. The van der Waals surface area contributed by atoms with E-state index in [4.69, 9.17) is 16.6 Å². The number of likely N-dealkylation sites (N-methyl/N-ethyl adjacent to an activating group) is 1. The molecule has 1 amide bonds. The topological polar surface area (TPSA) is 36.4 Å². The van der Waals surface area contributed by atoms with Crippen LogP contribution in [0.2, 0.25) is 5.02 Å². The number of benzene rings is 1. The Bertz CT molecular complexity index is 873.